The van der Waals surface area contributed by atoms with Crippen LogP contribution in [0.1, 0.15) is 5.56 Å². The zero-order valence-corrected chi connectivity index (χ0v) is 13.1. The molecule has 0 saturated carbocycles. The van der Waals surface area contributed by atoms with Gasteiger partial charge in [-0.3, -0.25) is 4.55 Å². The molecule has 3 rings (SSSR count). The molecule has 0 spiro atoms. The molecule has 118 valence electrons. The van der Waals surface area contributed by atoms with Crippen molar-refractivity contribution in [2.75, 3.05) is 13.2 Å². The van der Waals surface area contributed by atoms with Gasteiger partial charge in [0.05, 0.1) is 18.1 Å². The molecule has 1 unspecified atom stereocenters. The Kier molecular flexibility index (Phi) is 4.34. The molecule has 1 aromatic carbocycles. The van der Waals surface area contributed by atoms with Crippen LogP contribution in [0.4, 0.5) is 0 Å². The molecule has 0 saturated heterocycles. The summed E-state index contributed by atoms with van der Waals surface area (Å²) in [6.07, 6.45) is -0.250. The summed E-state index contributed by atoms with van der Waals surface area (Å²) in [4.78, 5) is -0.143. The molecule has 0 amide bonds. The lowest BCUT2D eigenvalue weighted by Crippen LogP contribution is -2.32. The maximum atomic E-state index is 11.3. The van der Waals surface area contributed by atoms with Crippen LogP contribution in [0.3, 0.4) is 0 Å². The lowest BCUT2D eigenvalue weighted by Gasteiger charge is -2.24. The lowest BCUT2D eigenvalue weighted by atomic mass is 10.2. The minimum atomic E-state index is -4.26. The topological polar surface area (TPSA) is 82.1 Å². The van der Waals surface area contributed by atoms with Gasteiger partial charge in [-0.25, -0.2) is 0 Å². The average molecular weight is 342 g/mol. The van der Waals surface area contributed by atoms with E-state index in [2.05, 4.69) is 0 Å². The van der Waals surface area contributed by atoms with E-state index in [9.17, 15) is 13.0 Å². The van der Waals surface area contributed by atoms with Crippen molar-refractivity contribution >= 4 is 21.5 Å². The van der Waals surface area contributed by atoms with Crippen molar-refractivity contribution in [3.8, 4) is 11.5 Å². The summed E-state index contributed by atoms with van der Waals surface area (Å²) >= 11 is 1.50. The summed E-state index contributed by atoms with van der Waals surface area (Å²) < 4.78 is 48.5. The number of benzene rings is 1. The summed E-state index contributed by atoms with van der Waals surface area (Å²) in [5, 5.41) is 3.73. The minimum absolute atomic E-state index is 0.0618. The van der Waals surface area contributed by atoms with Gasteiger partial charge in [0.25, 0.3) is 10.1 Å². The molecule has 6 nitrogen and oxygen atoms in total. The largest absolute Gasteiger partial charge is 0.485 e. The van der Waals surface area contributed by atoms with E-state index in [0.717, 1.165) is 5.75 Å². The van der Waals surface area contributed by atoms with Gasteiger partial charge in [0.2, 0.25) is 0 Å². The summed E-state index contributed by atoms with van der Waals surface area (Å²) in [5.41, 5.74) is 0.401. The Balaban J connectivity index is 1.59. The SMILES string of the molecule is O=S(=O)(O)c1ccccc1COCC1COc2cscc2O1. The second kappa shape index (κ2) is 6.25. The third-order valence-electron chi connectivity index (χ3n) is 3.12. The Morgan fingerprint density at radius 1 is 1.27 bits per heavy atom. The molecule has 1 atom stereocenters. The van der Waals surface area contributed by atoms with Crippen molar-refractivity contribution in [1.82, 2.24) is 0 Å². The first-order chi connectivity index (χ1) is 10.5. The molecule has 8 heteroatoms. The van der Waals surface area contributed by atoms with Crippen molar-refractivity contribution < 1.29 is 27.2 Å². The Morgan fingerprint density at radius 3 is 2.86 bits per heavy atom. The number of hydrogen-bond donors (Lipinski definition) is 1. The normalized spacial score (nSPS) is 17.4. The predicted octanol–water partition coefficient (Wildman–Crippen LogP) is 2.35. The fraction of sp³-hybridized carbons (Fsp3) is 0.286. The first-order valence-electron chi connectivity index (χ1n) is 6.53. The van der Waals surface area contributed by atoms with Crippen LogP contribution in [0.15, 0.2) is 39.9 Å². The highest BCUT2D eigenvalue weighted by Crippen LogP contribution is 2.35. The number of thiophene rings is 1. The van der Waals surface area contributed by atoms with Gasteiger partial charge >= 0.3 is 0 Å². The van der Waals surface area contributed by atoms with Gasteiger partial charge in [0, 0.05) is 10.8 Å². The molecule has 1 N–H and O–H groups in total. The predicted molar refractivity (Wildman–Crippen MR) is 80.1 cm³/mol. The summed E-state index contributed by atoms with van der Waals surface area (Å²) in [7, 11) is -4.26. The third-order valence-corrected chi connectivity index (χ3v) is 4.78. The van der Waals surface area contributed by atoms with E-state index in [1.165, 1.54) is 17.4 Å². The number of ether oxygens (including phenoxy) is 3. The van der Waals surface area contributed by atoms with Crippen LogP contribution in [0.2, 0.25) is 0 Å². The van der Waals surface area contributed by atoms with E-state index in [1.807, 2.05) is 10.8 Å². The standard InChI is InChI=1S/C14H14O6S2/c15-22(16,17)14-4-2-1-3-10(14)5-18-6-11-7-19-12-8-21-9-13(12)20-11/h1-4,8-9,11H,5-7H2,(H,15,16,17). The van der Waals surface area contributed by atoms with Crippen LogP contribution in [0.5, 0.6) is 11.5 Å². The van der Waals surface area contributed by atoms with Crippen LogP contribution >= 0.6 is 11.3 Å². The number of fused-ring (bicyclic) bond motifs is 1. The van der Waals surface area contributed by atoms with Crippen molar-refractivity contribution in [2.24, 2.45) is 0 Å². The average Bonchev–Trinajstić information content (AvgIpc) is 2.94. The fourth-order valence-corrected chi connectivity index (χ4v) is 3.50. The van der Waals surface area contributed by atoms with Crippen molar-refractivity contribution in [3.05, 3.63) is 40.6 Å². The maximum absolute atomic E-state index is 11.3. The van der Waals surface area contributed by atoms with Crippen LogP contribution in [0.25, 0.3) is 0 Å². The van der Waals surface area contributed by atoms with E-state index in [-0.39, 0.29) is 24.2 Å². The maximum Gasteiger partial charge on any atom is 0.294 e. The molecule has 0 bridgehead atoms. The highest BCUT2D eigenvalue weighted by Gasteiger charge is 2.22. The zero-order chi connectivity index (χ0) is 15.6. The van der Waals surface area contributed by atoms with Gasteiger partial charge in [-0.1, -0.05) is 18.2 Å². The van der Waals surface area contributed by atoms with Gasteiger partial charge in [-0.05, 0) is 11.6 Å². The Bertz CT molecular complexity index is 752. The van der Waals surface area contributed by atoms with E-state index < -0.39 is 10.1 Å². The van der Waals surface area contributed by atoms with E-state index in [4.69, 9.17) is 14.2 Å². The molecular weight excluding hydrogens is 328 g/mol. The van der Waals surface area contributed by atoms with Gasteiger partial charge in [-0.15, -0.1) is 11.3 Å². The molecule has 1 aliphatic heterocycles. The van der Waals surface area contributed by atoms with Crippen LogP contribution < -0.4 is 9.47 Å². The molecular formula is C14H14O6S2. The van der Waals surface area contributed by atoms with Crippen LogP contribution in [-0.4, -0.2) is 32.3 Å². The molecule has 1 aliphatic rings. The molecule has 1 aromatic heterocycles. The summed E-state index contributed by atoms with van der Waals surface area (Å²) in [6.45, 7) is 0.699. The Morgan fingerprint density at radius 2 is 2.05 bits per heavy atom. The van der Waals surface area contributed by atoms with Crippen molar-refractivity contribution in [2.45, 2.75) is 17.6 Å². The number of rotatable bonds is 5. The smallest absolute Gasteiger partial charge is 0.294 e. The molecule has 2 aromatic rings. The minimum Gasteiger partial charge on any atom is -0.485 e. The highest BCUT2D eigenvalue weighted by molar-refractivity contribution is 7.85. The van der Waals surface area contributed by atoms with Gasteiger partial charge in [0.15, 0.2) is 17.6 Å². The van der Waals surface area contributed by atoms with Crippen LogP contribution in [-0.2, 0) is 21.5 Å². The second-order valence-electron chi connectivity index (χ2n) is 4.75. The van der Waals surface area contributed by atoms with E-state index >= 15 is 0 Å². The molecule has 0 fully saturated rings. The quantitative estimate of drug-likeness (QED) is 0.840. The Labute approximate surface area is 132 Å². The zero-order valence-electron chi connectivity index (χ0n) is 11.5. The van der Waals surface area contributed by atoms with Crippen molar-refractivity contribution in [3.63, 3.8) is 0 Å². The molecule has 2 heterocycles. The Hall–Kier alpha value is -1.61. The monoisotopic (exact) mass is 342 g/mol. The molecule has 22 heavy (non-hydrogen) atoms. The van der Waals surface area contributed by atoms with Crippen LogP contribution in [0, 0.1) is 0 Å². The van der Waals surface area contributed by atoms with Gasteiger partial charge in [-0.2, -0.15) is 8.42 Å². The first-order valence-corrected chi connectivity index (χ1v) is 8.91. The summed E-state index contributed by atoms with van der Waals surface area (Å²) in [5.74, 6) is 1.43. The molecule has 0 radical (unpaired) electrons. The lowest BCUT2D eigenvalue weighted by molar-refractivity contribution is 0.00277. The highest BCUT2D eigenvalue weighted by atomic mass is 32.2. The molecule has 0 aliphatic carbocycles. The summed E-state index contributed by atoms with van der Waals surface area (Å²) in [6, 6.07) is 6.16. The second-order valence-corrected chi connectivity index (χ2v) is 6.88. The fourth-order valence-electron chi connectivity index (χ4n) is 2.12. The van der Waals surface area contributed by atoms with Crippen molar-refractivity contribution in [1.29, 1.82) is 0 Å². The van der Waals surface area contributed by atoms with Gasteiger partial charge in [0.1, 0.15) is 6.61 Å². The first kappa shape index (κ1) is 15.3. The van der Waals surface area contributed by atoms with E-state index in [0.29, 0.717) is 17.9 Å². The van der Waals surface area contributed by atoms with E-state index in [1.54, 1.807) is 18.2 Å². The third kappa shape index (κ3) is 3.41. The number of hydrogen-bond acceptors (Lipinski definition) is 6. The van der Waals surface area contributed by atoms with Gasteiger partial charge < -0.3 is 14.2 Å².